The lowest BCUT2D eigenvalue weighted by atomic mass is 9.66. The molecule has 0 saturated carbocycles. The number of hydrogen-bond acceptors (Lipinski definition) is 3. The molecule has 0 unspecified atom stereocenters. The lowest BCUT2D eigenvalue weighted by Gasteiger charge is -2.42. The van der Waals surface area contributed by atoms with Gasteiger partial charge in [0, 0.05) is 31.8 Å². The Hall–Kier alpha value is -1.32. The number of hydrogen-bond donors (Lipinski definition) is 0. The maximum atomic E-state index is 5.90. The van der Waals surface area contributed by atoms with Crippen LogP contribution in [0.4, 0.5) is 0 Å². The van der Waals surface area contributed by atoms with Gasteiger partial charge < -0.3 is 14.2 Å². The van der Waals surface area contributed by atoms with Crippen molar-refractivity contribution in [1.29, 1.82) is 0 Å². The molecule has 1 aliphatic carbocycles. The van der Waals surface area contributed by atoms with E-state index in [9.17, 15) is 0 Å². The molecule has 0 fully saturated rings. The van der Waals surface area contributed by atoms with Crippen molar-refractivity contribution in [3.63, 3.8) is 0 Å². The maximum absolute atomic E-state index is 5.90. The summed E-state index contributed by atoms with van der Waals surface area (Å²) < 4.78 is 16.7. The normalized spacial score (nSPS) is 22.0. The molecule has 2 rings (SSSR count). The van der Waals surface area contributed by atoms with E-state index in [1.54, 1.807) is 14.2 Å². The summed E-state index contributed by atoms with van der Waals surface area (Å²) in [4.78, 5) is 0. The number of rotatable bonds is 7. The highest BCUT2D eigenvalue weighted by Crippen LogP contribution is 2.45. The average molecular weight is 304 g/mol. The van der Waals surface area contributed by atoms with E-state index in [0.29, 0.717) is 0 Å². The molecule has 0 amide bonds. The first-order valence-electron chi connectivity index (χ1n) is 7.94. The third-order valence-electron chi connectivity index (χ3n) is 5.09. The van der Waals surface area contributed by atoms with Gasteiger partial charge in [0.2, 0.25) is 0 Å². The van der Waals surface area contributed by atoms with Crippen molar-refractivity contribution in [2.45, 2.75) is 44.6 Å². The van der Waals surface area contributed by atoms with Crippen LogP contribution in [0, 0.1) is 0 Å². The summed E-state index contributed by atoms with van der Waals surface area (Å²) in [6.07, 6.45) is 5.34. The van der Waals surface area contributed by atoms with Crippen molar-refractivity contribution >= 4 is 0 Å². The largest absolute Gasteiger partial charge is 0.496 e. The Balaban J connectivity index is 2.42. The van der Waals surface area contributed by atoms with Crippen LogP contribution in [0.15, 0.2) is 29.8 Å². The second-order valence-corrected chi connectivity index (χ2v) is 6.14. The summed E-state index contributed by atoms with van der Waals surface area (Å²) in [6.45, 7) is 5.27. The molecule has 1 aliphatic rings. The molecule has 122 valence electrons. The van der Waals surface area contributed by atoms with Crippen molar-refractivity contribution in [1.82, 2.24) is 0 Å². The van der Waals surface area contributed by atoms with Gasteiger partial charge in [-0.05, 0) is 44.7 Å². The molecular weight excluding hydrogens is 276 g/mol. The fraction of sp³-hybridized carbons (Fsp3) is 0.579. The van der Waals surface area contributed by atoms with E-state index < -0.39 is 0 Å². The standard InChI is InChI=1S/C19H28O3/c1-14-11-12-15-16(8-6-9-17(15)21-4)19(14,2)18(22-5)10-7-13-20-3/h6,8-9,11,18H,7,10,12-13H2,1-5H3/t18-,19-/m0/s1. The third-order valence-corrected chi connectivity index (χ3v) is 5.09. The third kappa shape index (κ3) is 2.92. The second kappa shape index (κ2) is 7.30. The number of allylic oxidation sites excluding steroid dienone is 1. The SMILES string of the molecule is COCCC[C@H](OC)[C@@]1(C)C(C)=CCc2c(OC)cccc21. The Labute approximate surface area is 134 Å². The first-order chi connectivity index (χ1) is 10.6. The first kappa shape index (κ1) is 17.0. The Bertz CT molecular complexity index is 535. The van der Waals surface area contributed by atoms with Crippen LogP contribution in [0.3, 0.4) is 0 Å². The number of ether oxygens (including phenoxy) is 3. The Morgan fingerprint density at radius 3 is 2.64 bits per heavy atom. The van der Waals surface area contributed by atoms with Crippen LogP contribution in [0.5, 0.6) is 5.75 Å². The summed E-state index contributed by atoms with van der Waals surface area (Å²) in [5.41, 5.74) is 3.87. The molecule has 0 aliphatic heterocycles. The maximum Gasteiger partial charge on any atom is 0.122 e. The molecule has 0 aromatic heterocycles. The Morgan fingerprint density at radius 2 is 2.00 bits per heavy atom. The molecule has 0 N–H and O–H groups in total. The van der Waals surface area contributed by atoms with Gasteiger partial charge >= 0.3 is 0 Å². The van der Waals surface area contributed by atoms with Gasteiger partial charge in [-0.2, -0.15) is 0 Å². The van der Waals surface area contributed by atoms with Gasteiger partial charge in [-0.3, -0.25) is 0 Å². The Morgan fingerprint density at radius 1 is 1.23 bits per heavy atom. The molecule has 0 bridgehead atoms. The van der Waals surface area contributed by atoms with E-state index in [2.05, 4.69) is 32.1 Å². The quantitative estimate of drug-likeness (QED) is 0.565. The van der Waals surface area contributed by atoms with Gasteiger partial charge in [-0.1, -0.05) is 23.8 Å². The van der Waals surface area contributed by atoms with Crippen molar-refractivity contribution in [2.24, 2.45) is 0 Å². The number of benzene rings is 1. The highest BCUT2D eigenvalue weighted by molar-refractivity contribution is 5.52. The van der Waals surface area contributed by atoms with Gasteiger partial charge in [0.25, 0.3) is 0 Å². The minimum atomic E-state index is -0.120. The van der Waals surface area contributed by atoms with Gasteiger partial charge in [-0.15, -0.1) is 0 Å². The molecule has 1 aromatic rings. The molecule has 3 heteroatoms. The molecule has 0 heterocycles. The summed E-state index contributed by atoms with van der Waals surface area (Å²) >= 11 is 0. The molecular formula is C19H28O3. The summed E-state index contributed by atoms with van der Waals surface area (Å²) in [5.74, 6) is 0.971. The molecule has 2 atom stereocenters. The van der Waals surface area contributed by atoms with Crippen molar-refractivity contribution < 1.29 is 14.2 Å². The fourth-order valence-corrected chi connectivity index (χ4v) is 3.62. The zero-order chi connectivity index (χ0) is 16.2. The molecule has 3 nitrogen and oxygen atoms in total. The van der Waals surface area contributed by atoms with Crippen molar-refractivity contribution in [3.8, 4) is 5.75 Å². The van der Waals surface area contributed by atoms with Crippen LogP contribution >= 0.6 is 0 Å². The zero-order valence-electron chi connectivity index (χ0n) is 14.4. The van der Waals surface area contributed by atoms with Crippen LogP contribution in [0.25, 0.3) is 0 Å². The van der Waals surface area contributed by atoms with E-state index in [0.717, 1.165) is 31.6 Å². The molecule has 22 heavy (non-hydrogen) atoms. The molecule has 0 spiro atoms. The second-order valence-electron chi connectivity index (χ2n) is 6.14. The first-order valence-corrected chi connectivity index (χ1v) is 7.94. The molecule has 0 saturated heterocycles. The minimum absolute atomic E-state index is 0.120. The van der Waals surface area contributed by atoms with Gasteiger partial charge in [-0.25, -0.2) is 0 Å². The van der Waals surface area contributed by atoms with E-state index in [4.69, 9.17) is 14.2 Å². The predicted octanol–water partition coefficient (Wildman–Crippen LogP) is 3.90. The van der Waals surface area contributed by atoms with Gasteiger partial charge in [0.05, 0.1) is 13.2 Å². The van der Waals surface area contributed by atoms with E-state index in [1.165, 1.54) is 16.7 Å². The van der Waals surface area contributed by atoms with E-state index in [1.807, 2.05) is 13.2 Å². The minimum Gasteiger partial charge on any atom is -0.496 e. The van der Waals surface area contributed by atoms with Crippen molar-refractivity contribution in [2.75, 3.05) is 27.9 Å². The lowest BCUT2D eigenvalue weighted by Crippen LogP contribution is -2.41. The molecule has 1 aromatic carbocycles. The van der Waals surface area contributed by atoms with Crippen LogP contribution in [0.1, 0.15) is 37.8 Å². The van der Waals surface area contributed by atoms with Crippen molar-refractivity contribution in [3.05, 3.63) is 41.0 Å². The topological polar surface area (TPSA) is 27.7 Å². The van der Waals surface area contributed by atoms with E-state index >= 15 is 0 Å². The highest BCUT2D eigenvalue weighted by atomic mass is 16.5. The zero-order valence-corrected chi connectivity index (χ0v) is 14.4. The summed E-state index contributed by atoms with van der Waals surface area (Å²) in [6, 6.07) is 6.34. The van der Waals surface area contributed by atoms with Gasteiger partial charge in [0.1, 0.15) is 5.75 Å². The van der Waals surface area contributed by atoms with Gasteiger partial charge in [0.15, 0.2) is 0 Å². The fourth-order valence-electron chi connectivity index (χ4n) is 3.62. The summed E-state index contributed by atoms with van der Waals surface area (Å²) in [7, 11) is 5.30. The number of methoxy groups -OCH3 is 3. The van der Waals surface area contributed by atoms with Crippen LogP contribution in [0.2, 0.25) is 0 Å². The van der Waals surface area contributed by atoms with Crippen LogP contribution < -0.4 is 4.74 Å². The number of fused-ring (bicyclic) bond motifs is 1. The van der Waals surface area contributed by atoms with E-state index in [-0.39, 0.29) is 11.5 Å². The summed E-state index contributed by atoms with van der Waals surface area (Å²) in [5, 5.41) is 0. The molecule has 0 radical (unpaired) electrons. The van der Waals surface area contributed by atoms with Crippen LogP contribution in [-0.2, 0) is 21.3 Å². The average Bonchev–Trinajstić information content (AvgIpc) is 2.54. The predicted molar refractivity (Wildman–Crippen MR) is 89.7 cm³/mol. The highest BCUT2D eigenvalue weighted by Gasteiger charge is 2.41. The smallest absolute Gasteiger partial charge is 0.122 e. The lowest BCUT2D eigenvalue weighted by molar-refractivity contribution is 0.0373. The van der Waals surface area contributed by atoms with Crippen LogP contribution in [-0.4, -0.2) is 34.0 Å². The monoisotopic (exact) mass is 304 g/mol. The Kier molecular flexibility index (Phi) is 5.65.